The molecule has 1 aromatic rings. The number of hydrogen-bond acceptors (Lipinski definition) is 3. The molecule has 0 aliphatic rings. The van der Waals surface area contributed by atoms with E-state index in [4.69, 9.17) is 5.14 Å². The Morgan fingerprint density at radius 3 is 2.38 bits per heavy atom. The van der Waals surface area contributed by atoms with E-state index < -0.39 is 10.0 Å². The summed E-state index contributed by atoms with van der Waals surface area (Å²) in [5, 5.41) is 11.5. The Morgan fingerprint density at radius 1 is 1.29 bits per heavy atom. The fraction of sp³-hybridized carbons (Fsp3) is 0.500. The molecule has 0 bridgehead atoms. The Labute approximate surface area is 126 Å². The van der Waals surface area contributed by atoms with Crippen LogP contribution < -0.4 is 15.8 Å². The minimum atomic E-state index is -3.62. The number of sulfonamides is 1. The molecule has 0 radical (unpaired) electrons. The van der Waals surface area contributed by atoms with E-state index in [1.807, 2.05) is 6.92 Å². The number of guanidine groups is 1. The fourth-order valence-corrected chi connectivity index (χ4v) is 2.25. The largest absolute Gasteiger partial charge is 0.357 e. The van der Waals surface area contributed by atoms with Gasteiger partial charge in [0.1, 0.15) is 0 Å². The Bertz CT molecular complexity index is 565. The molecule has 1 rings (SSSR count). The molecule has 1 aromatic carbocycles. The zero-order valence-corrected chi connectivity index (χ0v) is 13.6. The van der Waals surface area contributed by atoms with Gasteiger partial charge in [0.25, 0.3) is 0 Å². The highest BCUT2D eigenvalue weighted by atomic mass is 32.2. The first kappa shape index (κ1) is 17.5. The lowest BCUT2D eigenvalue weighted by molar-refractivity contribution is 0.598. The molecular formula is C14H24N4O2S. The fourth-order valence-electron chi connectivity index (χ4n) is 1.74. The first-order chi connectivity index (χ1) is 9.82. The zero-order valence-electron chi connectivity index (χ0n) is 12.8. The number of nitrogens with two attached hydrogens (primary N) is 1. The second-order valence-electron chi connectivity index (χ2n) is 5.00. The summed E-state index contributed by atoms with van der Waals surface area (Å²) in [7, 11) is -3.62. The quantitative estimate of drug-likeness (QED) is 0.535. The van der Waals surface area contributed by atoms with Gasteiger partial charge >= 0.3 is 0 Å². The minimum absolute atomic E-state index is 0.129. The first-order valence-corrected chi connectivity index (χ1v) is 8.54. The highest BCUT2D eigenvalue weighted by molar-refractivity contribution is 7.89. The number of nitrogens with zero attached hydrogens (tertiary/aromatic N) is 1. The summed E-state index contributed by atoms with van der Waals surface area (Å²) in [6, 6.07) is 6.88. The second kappa shape index (κ2) is 7.99. The summed E-state index contributed by atoms with van der Waals surface area (Å²) in [5.74, 6) is 0.786. The summed E-state index contributed by atoms with van der Waals surface area (Å²) in [6.45, 7) is 7.56. The molecule has 0 fully saturated rings. The molecular weight excluding hydrogens is 288 g/mol. The van der Waals surface area contributed by atoms with Crippen LogP contribution in [0.15, 0.2) is 34.2 Å². The molecule has 0 saturated heterocycles. The molecule has 4 N–H and O–H groups in total. The lowest BCUT2D eigenvalue weighted by atomic mass is 10.1. The van der Waals surface area contributed by atoms with Gasteiger partial charge in [0.05, 0.1) is 4.90 Å². The number of primary sulfonamides is 1. The Hall–Kier alpha value is -1.60. The van der Waals surface area contributed by atoms with Gasteiger partial charge in [-0.25, -0.2) is 13.6 Å². The van der Waals surface area contributed by atoms with Crippen LogP contribution in [0.5, 0.6) is 0 Å². The van der Waals surface area contributed by atoms with E-state index >= 15 is 0 Å². The van der Waals surface area contributed by atoms with Crippen molar-refractivity contribution in [2.24, 2.45) is 10.1 Å². The molecule has 0 amide bonds. The molecule has 0 aliphatic heterocycles. The van der Waals surface area contributed by atoms with Crippen molar-refractivity contribution in [3.63, 3.8) is 0 Å². The van der Waals surface area contributed by atoms with Gasteiger partial charge in [0, 0.05) is 19.1 Å². The third-order valence-electron chi connectivity index (χ3n) is 2.69. The van der Waals surface area contributed by atoms with E-state index in [2.05, 4.69) is 29.5 Å². The second-order valence-corrected chi connectivity index (χ2v) is 6.56. The van der Waals surface area contributed by atoms with Crippen molar-refractivity contribution in [3.05, 3.63) is 29.8 Å². The predicted octanol–water partition coefficient (Wildman–Crippen LogP) is 0.840. The van der Waals surface area contributed by atoms with Gasteiger partial charge < -0.3 is 10.6 Å². The van der Waals surface area contributed by atoms with E-state index in [-0.39, 0.29) is 4.90 Å². The van der Waals surface area contributed by atoms with E-state index in [0.717, 1.165) is 24.5 Å². The van der Waals surface area contributed by atoms with Gasteiger partial charge in [-0.15, -0.1) is 0 Å². The number of benzene rings is 1. The summed E-state index contributed by atoms with van der Waals surface area (Å²) in [5.41, 5.74) is 1.02. The summed E-state index contributed by atoms with van der Waals surface area (Å²) in [4.78, 5) is 4.60. The average molecular weight is 312 g/mol. The maximum atomic E-state index is 11.2. The maximum Gasteiger partial charge on any atom is 0.238 e. The molecule has 118 valence electrons. The van der Waals surface area contributed by atoms with Crippen LogP contribution in [0, 0.1) is 0 Å². The molecule has 6 nitrogen and oxygen atoms in total. The smallest absolute Gasteiger partial charge is 0.238 e. The predicted molar refractivity (Wildman–Crippen MR) is 85.8 cm³/mol. The molecule has 0 heterocycles. The molecule has 0 atom stereocenters. The van der Waals surface area contributed by atoms with Crippen LogP contribution in [-0.4, -0.2) is 33.5 Å². The van der Waals surface area contributed by atoms with Gasteiger partial charge in [-0.3, -0.25) is 4.99 Å². The Balaban J connectivity index is 2.61. The summed E-state index contributed by atoms with van der Waals surface area (Å²) >= 11 is 0. The van der Waals surface area contributed by atoms with E-state index in [1.165, 1.54) is 12.1 Å². The first-order valence-electron chi connectivity index (χ1n) is 6.99. The van der Waals surface area contributed by atoms with Gasteiger partial charge in [0.2, 0.25) is 10.0 Å². The minimum Gasteiger partial charge on any atom is -0.357 e. The third-order valence-corrected chi connectivity index (χ3v) is 3.62. The highest BCUT2D eigenvalue weighted by Crippen LogP contribution is 2.09. The van der Waals surface area contributed by atoms with Crippen LogP contribution in [-0.2, 0) is 16.4 Å². The lowest BCUT2D eigenvalue weighted by Gasteiger charge is -2.13. The monoisotopic (exact) mass is 312 g/mol. The van der Waals surface area contributed by atoms with Crippen LogP contribution in [0.2, 0.25) is 0 Å². The maximum absolute atomic E-state index is 11.2. The van der Waals surface area contributed by atoms with E-state index in [1.54, 1.807) is 12.1 Å². The lowest BCUT2D eigenvalue weighted by Crippen LogP contribution is -2.41. The molecule has 0 saturated carbocycles. The number of hydrogen-bond donors (Lipinski definition) is 3. The Kier molecular flexibility index (Phi) is 6.64. The SMILES string of the molecule is CCNC(=NCCc1ccc(S(N)(=O)=O)cc1)NC(C)C. The van der Waals surface area contributed by atoms with E-state index in [0.29, 0.717) is 12.6 Å². The van der Waals surface area contributed by atoms with Gasteiger partial charge in [-0.1, -0.05) is 12.1 Å². The molecule has 0 aromatic heterocycles. The van der Waals surface area contributed by atoms with Crippen LogP contribution >= 0.6 is 0 Å². The summed E-state index contributed by atoms with van der Waals surface area (Å²) in [6.07, 6.45) is 0.736. The normalized spacial score (nSPS) is 12.5. The molecule has 0 unspecified atom stereocenters. The zero-order chi connectivity index (χ0) is 15.9. The van der Waals surface area contributed by atoms with Crippen LogP contribution in [0.25, 0.3) is 0 Å². The topological polar surface area (TPSA) is 96.6 Å². The highest BCUT2D eigenvalue weighted by Gasteiger charge is 2.06. The standard InChI is InChI=1S/C14H24N4O2S/c1-4-16-14(18-11(2)3)17-10-9-12-5-7-13(8-6-12)21(15,19)20/h5-8,11H,4,9-10H2,1-3H3,(H2,15,19,20)(H2,16,17,18). The van der Waals surface area contributed by atoms with Crippen molar-refractivity contribution in [2.45, 2.75) is 38.1 Å². The van der Waals surface area contributed by atoms with Crippen molar-refractivity contribution in [3.8, 4) is 0 Å². The molecule has 21 heavy (non-hydrogen) atoms. The van der Waals surface area contributed by atoms with Crippen molar-refractivity contribution in [1.29, 1.82) is 0 Å². The third kappa shape index (κ3) is 6.59. The van der Waals surface area contributed by atoms with Gasteiger partial charge in [-0.05, 0) is 44.9 Å². The molecule has 7 heteroatoms. The number of nitrogens with one attached hydrogen (secondary N) is 2. The summed E-state index contributed by atoms with van der Waals surface area (Å²) < 4.78 is 22.3. The number of aliphatic imine (C=N–C) groups is 1. The molecule has 0 spiro atoms. The van der Waals surface area contributed by atoms with Crippen LogP contribution in [0.3, 0.4) is 0 Å². The van der Waals surface area contributed by atoms with Crippen molar-refractivity contribution in [1.82, 2.24) is 10.6 Å². The van der Waals surface area contributed by atoms with Crippen molar-refractivity contribution in [2.75, 3.05) is 13.1 Å². The van der Waals surface area contributed by atoms with Crippen LogP contribution in [0.1, 0.15) is 26.3 Å². The van der Waals surface area contributed by atoms with Crippen molar-refractivity contribution >= 4 is 16.0 Å². The van der Waals surface area contributed by atoms with Crippen molar-refractivity contribution < 1.29 is 8.42 Å². The average Bonchev–Trinajstić information content (AvgIpc) is 2.38. The number of rotatable bonds is 6. The van der Waals surface area contributed by atoms with Gasteiger partial charge in [0.15, 0.2) is 5.96 Å². The van der Waals surface area contributed by atoms with E-state index in [9.17, 15) is 8.42 Å². The molecule has 0 aliphatic carbocycles. The Morgan fingerprint density at radius 2 is 1.90 bits per heavy atom. The van der Waals surface area contributed by atoms with Crippen LogP contribution in [0.4, 0.5) is 0 Å². The van der Waals surface area contributed by atoms with Gasteiger partial charge in [-0.2, -0.15) is 0 Å².